The molecule has 2 N–H and O–H groups in total. The summed E-state index contributed by atoms with van der Waals surface area (Å²) in [6.45, 7) is 6.02. The molecule has 2 rings (SSSR count). The number of sulfonamides is 1. The van der Waals surface area contributed by atoms with Crippen LogP contribution in [0.15, 0.2) is 29.2 Å². The summed E-state index contributed by atoms with van der Waals surface area (Å²) in [5, 5.41) is 3.19. The van der Waals surface area contributed by atoms with Crippen LogP contribution in [0.3, 0.4) is 0 Å². The predicted octanol–water partition coefficient (Wildman–Crippen LogP) is 2.36. The summed E-state index contributed by atoms with van der Waals surface area (Å²) in [5.74, 6) is 1.12. The molecule has 6 heteroatoms. The molecule has 118 valence electrons. The topological polar surface area (TPSA) is 58.2 Å². The Hall–Kier alpha value is -0.560. The van der Waals surface area contributed by atoms with Crippen molar-refractivity contribution >= 4 is 21.8 Å². The summed E-state index contributed by atoms with van der Waals surface area (Å²) in [5.41, 5.74) is 0.816. The van der Waals surface area contributed by atoms with Crippen molar-refractivity contribution in [3.63, 3.8) is 0 Å². The fraction of sp³-hybridized carbons (Fsp3) is 0.600. The summed E-state index contributed by atoms with van der Waals surface area (Å²) in [6.07, 6.45) is 2.24. The van der Waals surface area contributed by atoms with E-state index in [0.29, 0.717) is 18.0 Å². The molecule has 4 nitrogen and oxygen atoms in total. The lowest BCUT2D eigenvalue weighted by molar-refractivity contribution is 0.551. The molecule has 0 aromatic heterocycles. The molecule has 1 saturated heterocycles. The zero-order chi connectivity index (χ0) is 15.3. The SMILES string of the molecule is CCNCc1ccccc1S(=O)(=O)NCC1(C)CCCS1. The predicted molar refractivity (Wildman–Crippen MR) is 89.1 cm³/mol. The van der Waals surface area contributed by atoms with Gasteiger partial charge in [-0.2, -0.15) is 11.8 Å². The molecule has 1 unspecified atom stereocenters. The van der Waals surface area contributed by atoms with E-state index in [2.05, 4.69) is 17.0 Å². The van der Waals surface area contributed by atoms with Crippen molar-refractivity contribution in [2.45, 2.75) is 42.9 Å². The van der Waals surface area contributed by atoms with Crippen LogP contribution in [0.1, 0.15) is 32.3 Å². The second kappa shape index (κ2) is 7.13. The van der Waals surface area contributed by atoms with Crippen LogP contribution in [0.25, 0.3) is 0 Å². The Morgan fingerprint density at radius 3 is 2.76 bits per heavy atom. The Bertz CT molecular complexity index is 567. The molecular formula is C15H24N2O2S2. The van der Waals surface area contributed by atoms with Crippen molar-refractivity contribution in [3.8, 4) is 0 Å². The van der Waals surface area contributed by atoms with Gasteiger partial charge in [0.2, 0.25) is 10.0 Å². The van der Waals surface area contributed by atoms with Gasteiger partial charge in [-0.25, -0.2) is 13.1 Å². The van der Waals surface area contributed by atoms with Crippen LogP contribution < -0.4 is 10.0 Å². The summed E-state index contributed by atoms with van der Waals surface area (Å²) < 4.78 is 28.0. The maximum absolute atomic E-state index is 12.6. The van der Waals surface area contributed by atoms with Crippen LogP contribution in [0.5, 0.6) is 0 Å². The molecular weight excluding hydrogens is 304 g/mol. The van der Waals surface area contributed by atoms with E-state index < -0.39 is 10.0 Å². The largest absolute Gasteiger partial charge is 0.313 e. The monoisotopic (exact) mass is 328 g/mol. The number of hydrogen-bond donors (Lipinski definition) is 2. The third-order valence-electron chi connectivity index (χ3n) is 3.76. The maximum atomic E-state index is 12.6. The number of benzene rings is 1. The average Bonchev–Trinajstić information content (AvgIpc) is 2.91. The number of rotatable bonds is 7. The Morgan fingerprint density at radius 2 is 2.10 bits per heavy atom. The second-order valence-electron chi connectivity index (χ2n) is 5.61. The van der Waals surface area contributed by atoms with E-state index >= 15 is 0 Å². The summed E-state index contributed by atoms with van der Waals surface area (Å²) in [4.78, 5) is 0.387. The Kier molecular flexibility index (Phi) is 5.71. The van der Waals surface area contributed by atoms with Crippen LogP contribution in [-0.2, 0) is 16.6 Å². The van der Waals surface area contributed by atoms with E-state index in [9.17, 15) is 8.42 Å². The third kappa shape index (κ3) is 4.45. The zero-order valence-electron chi connectivity index (χ0n) is 12.7. The highest BCUT2D eigenvalue weighted by Gasteiger charge is 2.31. The van der Waals surface area contributed by atoms with Crippen LogP contribution in [0.2, 0.25) is 0 Å². The van der Waals surface area contributed by atoms with Gasteiger partial charge < -0.3 is 5.32 Å². The van der Waals surface area contributed by atoms with Gasteiger partial charge in [0.25, 0.3) is 0 Å². The molecule has 1 fully saturated rings. The number of nitrogens with one attached hydrogen (secondary N) is 2. The van der Waals surface area contributed by atoms with E-state index in [4.69, 9.17) is 0 Å². The van der Waals surface area contributed by atoms with Gasteiger partial charge in [0.05, 0.1) is 4.90 Å². The molecule has 0 spiro atoms. The first-order valence-corrected chi connectivity index (χ1v) is 9.86. The minimum absolute atomic E-state index is 0.0314. The molecule has 0 radical (unpaired) electrons. The van der Waals surface area contributed by atoms with Gasteiger partial charge in [0, 0.05) is 17.8 Å². The molecule has 1 aromatic carbocycles. The van der Waals surface area contributed by atoms with E-state index in [1.54, 1.807) is 12.1 Å². The van der Waals surface area contributed by atoms with E-state index in [-0.39, 0.29) is 4.75 Å². The number of thioether (sulfide) groups is 1. The molecule has 21 heavy (non-hydrogen) atoms. The molecule has 0 bridgehead atoms. The van der Waals surface area contributed by atoms with E-state index in [1.807, 2.05) is 30.8 Å². The van der Waals surface area contributed by atoms with Gasteiger partial charge in [0.15, 0.2) is 0 Å². The highest BCUT2D eigenvalue weighted by atomic mass is 32.2. The van der Waals surface area contributed by atoms with Gasteiger partial charge in [-0.15, -0.1) is 0 Å². The quantitative estimate of drug-likeness (QED) is 0.807. The van der Waals surface area contributed by atoms with E-state index in [0.717, 1.165) is 24.3 Å². The van der Waals surface area contributed by atoms with Gasteiger partial charge in [0.1, 0.15) is 0 Å². The minimum Gasteiger partial charge on any atom is -0.313 e. The highest BCUT2D eigenvalue weighted by molar-refractivity contribution is 8.01. The van der Waals surface area contributed by atoms with Crippen LogP contribution in [0.4, 0.5) is 0 Å². The van der Waals surface area contributed by atoms with Gasteiger partial charge >= 0.3 is 0 Å². The smallest absolute Gasteiger partial charge is 0.240 e. The first-order valence-electron chi connectivity index (χ1n) is 7.39. The Balaban J connectivity index is 2.11. The van der Waals surface area contributed by atoms with Gasteiger partial charge in [-0.3, -0.25) is 0 Å². The van der Waals surface area contributed by atoms with Crippen LogP contribution in [0, 0.1) is 0 Å². The third-order valence-corrected chi connectivity index (χ3v) is 6.80. The lowest BCUT2D eigenvalue weighted by atomic mass is 10.1. The molecule has 1 aliphatic heterocycles. The van der Waals surface area contributed by atoms with Crippen molar-refractivity contribution < 1.29 is 8.42 Å². The van der Waals surface area contributed by atoms with Crippen LogP contribution in [-0.4, -0.2) is 32.0 Å². The average molecular weight is 329 g/mol. The molecule has 0 aliphatic carbocycles. The fourth-order valence-electron chi connectivity index (χ4n) is 2.47. The van der Waals surface area contributed by atoms with Crippen molar-refractivity contribution in [2.75, 3.05) is 18.8 Å². The summed E-state index contributed by atoms with van der Waals surface area (Å²) in [7, 11) is -3.45. The standard InChI is InChI=1S/C15H24N2O2S2/c1-3-16-11-13-7-4-5-8-14(13)21(18,19)17-12-15(2)9-6-10-20-15/h4-5,7-8,16-17H,3,6,9-12H2,1-2H3. The maximum Gasteiger partial charge on any atom is 0.240 e. The van der Waals surface area contributed by atoms with Crippen molar-refractivity contribution in [2.24, 2.45) is 0 Å². The van der Waals surface area contributed by atoms with Crippen molar-refractivity contribution in [3.05, 3.63) is 29.8 Å². The molecule has 1 aromatic rings. The van der Waals surface area contributed by atoms with Crippen molar-refractivity contribution in [1.82, 2.24) is 10.0 Å². The Morgan fingerprint density at radius 1 is 1.33 bits per heavy atom. The molecule has 0 amide bonds. The first kappa shape index (κ1) is 16.8. The summed E-state index contributed by atoms with van der Waals surface area (Å²) >= 11 is 1.86. The molecule has 1 aliphatic rings. The normalized spacial score (nSPS) is 22.6. The zero-order valence-corrected chi connectivity index (χ0v) is 14.3. The van der Waals surface area contributed by atoms with Gasteiger partial charge in [-0.1, -0.05) is 25.1 Å². The first-order chi connectivity index (χ1) is 9.97. The van der Waals surface area contributed by atoms with Gasteiger partial charge in [-0.05, 0) is 43.7 Å². The summed E-state index contributed by atoms with van der Waals surface area (Å²) in [6, 6.07) is 7.19. The minimum atomic E-state index is -3.45. The van der Waals surface area contributed by atoms with Crippen molar-refractivity contribution in [1.29, 1.82) is 0 Å². The van der Waals surface area contributed by atoms with E-state index in [1.165, 1.54) is 6.42 Å². The van der Waals surface area contributed by atoms with Crippen LogP contribution >= 0.6 is 11.8 Å². The number of hydrogen-bond acceptors (Lipinski definition) is 4. The molecule has 1 atom stereocenters. The lowest BCUT2D eigenvalue weighted by Crippen LogP contribution is -2.37. The molecule has 0 saturated carbocycles. The Labute approximate surface area is 132 Å². The molecule has 1 heterocycles. The lowest BCUT2D eigenvalue weighted by Gasteiger charge is -2.23. The fourth-order valence-corrected chi connectivity index (χ4v) is 5.22. The highest BCUT2D eigenvalue weighted by Crippen LogP contribution is 2.37. The second-order valence-corrected chi connectivity index (χ2v) is 9.03.